The number of amidine groups is 1. The van der Waals surface area contributed by atoms with Gasteiger partial charge in [0, 0.05) is 23.5 Å². The predicted octanol–water partition coefficient (Wildman–Crippen LogP) is 3.75. The minimum absolute atomic E-state index is 0.318. The van der Waals surface area contributed by atoms with E-state index in [0.717, 1.165) is 18.5 Å². The van der Waals surface area contributed by atoms with Crippen LogP contribution in [0.5, 0.6) is 0 Å². The maximum atomic E-state index is 6.05. The van der Waals surface area contributed by atoms with Crippen LogP contribution in [-0.2, 0) is 12.8 Å². The van der Waals surface area contributed by atoms with Crippen molar-refractivity contribution >= 4 is 29.1 Å². The summed E-state index contributed by atoms with van der Waals surface area (Å²) in [6.45, 7) is 0. The summed E-state index contributed by atoms with van der Waals surface area (Å²) in [7, 11) is 0. The van der Waals surface area contributed by atoms with E-state index in [-0.39, 0.29) is 0 Å². The summed E-state index contributed by atoms with van der Waals surface area (Å²) in [6.07, 6.45) is 5.35. The lowest BCUT2D eigenvalue weighted by Gasteiger charge is -2.11. The van der Waals surface area contributed by atoms with Crippen LogP contribution >= 0.6 is 11.6 Å². The van der Waals surface area contributed by atoms with Gasteiger partial charge in [-0.25, -0.2) is 15.0 Å². The van der Waals surface area contributed by atoms with Crippen LogP contribution in [0.1, 0.15) is 16.7 Å². The molecule has 5 nitrogen and oxygen atoms in total. The van der Waals surface area contributed by atoms with E-state index >= 15 is 0 Å². The summed E-state index contributed by atoms with van der Waals surface area (Å²) in [4.78, 5) is 13.1. The summed E-state index contributed by atoms with van der Waals surface area (Å²) in [5.41, 5.74) is 10.2. The Bertz CT molecular complexity index is 910. The predicted molar refractivity (Wildman–Crippen MR) is 105 cm³/mol. The van der Waals surface area contributed by atoms with E-state index in [1.807, 2.05) is 12.1 Å². The molecule has 1 aromatic heterocycles. The highest BCUT2D eigenvalue weighted by molar-refractivity contribution is 6.30. The van der Waals surface area contributed by atoms with Crippen LogP contribution in [0.15, 0.2) is 65.9 Å². The van der Waals surface area contributed by atoms with Crippen molar-refractivity contribution in [1.29, 1.82) is 0 Å². The maximum Gasteiger partial charge on any atom is 0.222 e. The largest absolute Gasteiger partial charge is 0.383 e. The van der Waals surface area contributed by atoms with Gasteiger partial charge in [-0.15, -0.1) is 0 Å². The highest BCUT2D eigenvalue weighted by Crippen LogP contribution is 2.23. The molecule has 4 rings (SSSR count). The lowest BCUT2D eigenvalue weighted by atomic mass is 10.1. The van der Waals surface area contributed by atoms with Crippen LogP contribution in [0.3, 0.4) is 0 Å². The molecule has 0 aliphatic heterocycles. The summed E-state index contributed by atoms with van der Waals surface area (Å²) in [5, 5.41) is 4.05. The van der Waals surface area contributed by atoms with Crippen LogP contribution in [0.4, 0.5) is 11.6 Å². The molecular formula is C20H18ClN5. The molecule has 0 unspecified atom stereocenters. The number of nitrogens with two attached hydrogens (primary N) is 1. The molecule has 0 radical (unpaired) electrons. The molecule has 1 heterocycles. The van der Waals surface area contributed by atoms with Gasteiger partial charge in [-0.05, 0) is 48.2 Å². The SMILES string of the molecule is NC(=Nc1ccc(Cl)cc1)c1cnc(NC2Cc3ccccc3C2)nc1. The number of rotatable bonds is 4. The third kappa shape index (κ3) is 3.68. The van der Waals surface area contributed by atoms with Crippen LogP contribution in [-0.4, -0.2) is 21.8 Å². The van der Waals surface area contributed by atoms with Crippen LogP contribution < -0.4 is 11.1 Å². The Hall–Kier alpha value is -2.92. The Kier molecular flexibility index (Phi) is 4.54. The number of fused-ring (bicyclic) bond motifs is 1. The van der Waals surface area contributed by atoms with Gasteiger partial charge in [0.2, 0.25) is 5.95 Å². The number of nitrogens with zero attached hydrogens (tertiary/aromatic N) is 3. The Morgan fingerprint density at radius 3 is 2.23 bits per heavy atom. The second-order valence-corrected chi connectivity index (χ2v) is 6.72. The first-order chi connectivity index (χ1) is 12.7. The maximum absolute atomic E-state index is 6.05. The van der Waals surface area contributed by atoms with Crippen molar-refractivity contribution in [3.63, 3.8) is 0 Å². The molecule has 0 spiro atoms. The number of hydrogen-bond donors (Lipinski definition) is 2. The van der Waals surface area contributed by atoms with E-state index in [1.165, 1.54) is 11.1 Å². The molecule has 1 aliphatic carbocycles. The molecule has 6 heteroatoms. The van der Waals surface area contributed by atoms with E-state index in [1.54, 1.807) is 24.5 Å². The zero-order chi connectivity index (χ0) is 17.9. The van der Waals surface area contributed by atoms with Crippen molar-refractivity contribution in [3.05, 3.63) is 82.6 Å². The van der Waals surface area contributed by atoms with Crippen LogP contribution in [0, 0.1) is 0 Å². The number of halogens is 1. The molecule has 0 bridgehead atoms. The molecule has 0 atom stereocenters. The Labute approximate surface area is 157 Å². The molecule has 2 aromatic carbocycles. The lowest BCUT2D eigenvalue weighted by Crippen LogP contribution is -2.21. The average molecular weight is 364 g/mol. The molecule has 130 valence electrons. The monoisotopic (exact) mass is 363 g/mol. The van der Waals surface area contributed by atoms with E-state index < -0.39 is 0 Å². The quantitative estimate of drug-likeness (QED) is 0.546. The van der Waals surface area contributed by atoms with E-state index in [4.69, 9.17) is 17.3 Å². The molecule has 3 aromatic rings. The van der Waals surface area contributed by atoms with Crippen molar-refractivity contribution in [2.45, 2.75) is 18.9 Å². The number of anilines is 1. The van der Waals surface area contributed by atoms with Gasteiger partial charge < -0.3 is 11.1 Å². The van der Waals surface area contributed by atoms with Gasteiger partial charge >= 0.3 is 0 Å². The summed E-state index contributed by atoms with van der Waals surface area (Å²) < 4.78 is 0. The first-order valence-electron chi connectivity index (χ1n) is 8.43. The lowest BCUT2D eigenvalue weighted by molar-refractivity contribution is 0.761. The second-order valence-electron chi connectivity index (χ2n) is 6.29. The van der Waals surface area contributed by atoms with Crippen LogP contribution in [0.2, 0.25) is 5.02 Å². The molecule has 0 amide bonds. The van der Waals surface area contributed by atoms with E-state index in [9.17, 15) is 0 Å². The van der Waals surface area contributed by atoms with Crippen LogP contribution in [0.25, 0.3) is 0 Å². The molecular weight excluding hydrogens is 346 g/mol. The number of nitrogens with one attached hydrogen (secondary N) is 1. The van der Waals surface area contributed by atoms with Crippen molar-refractivity contribution in [3.8, 4) is 0 Å². The Morgan fingerprint density at radius 2 is 1.62 bits per heavy atom. The van der Waals surface area contributed by atoms with Gasteiger partial charge in [0.25, 0.3) is 0 Å². The van der Waals surface area contributed by atoms with Crippen molar-refractivity contribution in [2.24, 2.45) is 10.7 Å². The molecule has 0 saturated carbocycles. The van der Waals surface area contributed by atoms with E-state index in [0.29, 0.717) is 28.4 Å². The van der Waals surface area contributed by atoms with Crippen molar-refractivity contribution < 1.29 is 0 Å². The van der Waals surface area contributed by atoms with Gasteiger partial charge in [0.1, 0.15) is 5.84 Å². The second kappa shape index (κ2) is 7.14. The van der Waals surface area contributed by atoms with Gasteiger partial charge in [0.05, 0.1) is 11.3 Å². The topological polar surface area (TPSA) is 76.2 Å². The summed E-state index contributed by atoms with van der Waals surface area (Å²) in [6, 6.07) is 16.0. The smallest absolute Gasteiger partial charge is 0.222 e. The first kappa shape index (κ1) is 16.5. The summed E-state index contributed by atoms with van der Waals surface area (Å²) in [5.74, 6) is 0.970. The standard InChI is InChI=1S/C20H18ClN5/c21-16-5-7-17(8-6-16)25-19(22)15-11-23-20(24-12-15)26-18-9-13-3-1-2-4-14(13)10-18/h1-8,11-12,18H,9-10H2,(H2,22,25)(H,23,24,26). The fraction of sp³-hybridized carbons (Fsp3) is 0.150. The molecule has 0 fully saturated rings. The molecule has 3 N–H and O–H groups in total. The first-order valence-corrected chi connectivity index (χ1v) is 8.80. The number of aromatic nitrogens is 2. The van der Waals surface area contributed by atoms with Crippen molar-refractivity contribution in [2.75, 3.05) is 5.32 Å². The molecule has 26 heavy (non-hydrogen) atoms. The third-order valence-corrected chi connectivity index (χ3v) is 4.66. The van der Waals surface area contributed by atoms with Crippen molar-refractivity contribution in [1.82, 2.24) is 9.97 Å². The average Bonchev–Trinajstić information content (AvgIpc) is 3.06. The minimum Gasteiger partial charge on any atom is -0.383 e. The number of aliphatic imine (C=N–C) groups is 1. The normalized spacial score (nSPS) is 14.3. The fourth-order valence-corrected chi connectivity index (χ4v) is 3.22. The van der Waals surface area contributed by atoms with Gasteiger partial charge in [-0.3, -0.25) is 0 Å². The van der Waals surface area contributed by atoms with Gasteiger partial charge in [-0.2, -0.15) is 0 Å². The molecule has 0 saturated heterocycles. The number of benzene rings is 2. The zero-order valence-corrected chi connectivity index (χ0v) is 14.8. The van der Waals surface area contributed by atoms with Gasteiger partial charge in [0.15, 0.2) is 0 Å². The van der Waals surface area contributed by atoms with Gasteiger partial charge in [-0.1, -0.05) is 35.9 Å². The summed E-state index contributed by atoms with van der Waals surface area (Å²) >= 11 is 5.88. The fourth-order valence-electron chi connectivity index (χ4n) is 3.10. The minimum atomic E-state index is 0.318. The number of hydrogen-bond acceptors (Lipinski definition) is 4. The Morgan fingerprint density at radius 1 is 1.00 bits per heavy atom. The highest BCUT2D eigenvalue weighted by Gasteiger charge is 2.21. The third-order valence-electron chi connectivity index (χ3n) is 4.41. The Balaban J connectivity index is 1.43. The van der Waals surface area contributed by atoms with E-state index in [2.05, 4.69) is 44.5 Å². The zero-order valence-electron chi connectivity index (χ0n) is 14.1. The molecule has 1 aliphatic rings. The highest BCUT2D eigenvalue weighted by atomic mass is 35.5.